The zero-order chi connectivity index (χ0) is 14.9. The van der Waals surface area contributed by atoms with Crippen LogP contribution in [0.1, 0.15) is 4.88 Å². The Morgan fingerprint density at radius 1 is 1.40 bits per heavy atom. The molecule has 0 radical (unpaired) electrons. The van der Waals surface area contributed by atoms with E-state index in [9.17, 15) is 8.42 Å². The predicted molar refractivity (Wildman–Crippen MR) is 81.2 cm³/mol. The highest BCUT2D eigenvalue weighted by Gasteiger charge is 2.21. The normalized spacial score (nSPS) is 11.4. The van der Waals surface area contributed by atoms with Gasteiger partial charge in [-0.25, -0.2) is 18.1 Å². The second-order valence-corrected chi connectivity index (χ2v) is 8.31. The molecule has 6 nitrogen and oxygen atoms in total. The fraction of sp³-hybridized carbons (Fsp3) is 0.200. The molecule has 2 rings (SSSR count). The van der Waals surface area contributed by atoms with E-state index in [1.54, 1.807) is 6.92 Å². The van der Waals surface area contributed by atoms with Crippen molar-refractivity contribution in [1.29, 1.82) is 0 Å². The van der Waals surface area contributed by atoms with Gasteiger partial charge in [0.1, 0.15) is 10.0 Å². The van der Waals surface area contributed by atoms with Gasteiger partial charge < -0.3 is 4.74 Å². The molecule has 2 heterocycles. The molecule has 0 saturated carbocycles. The molecule has 0 atom stereocenters. The van der Waals surface area contributed by atoms with Crippen molar-refractivity contribution < 1.29 is 13.2 Å². The summed E-state index contributed by atoms with van der Waals surface area (Å²) in [7, 11) is -2.37. The van der Waals surface area contributed by atoms with Gasteiger partial charge in [0.05, 0.1) is 10.9 Å². The van der Waals surface area contributed by atoms with Crippen molar-refractivity contribution in [2.75, 3.05) is 11.8 Å². The average Bonchev–Trinajstić information content (AvgIpc) is 2.67. The monoisotopic (exact) mass is 397 g/mol. The van der Waals surface area contributed by atoms with E-state index < -0.39 is 10.0 Å². The van der Waals surface area contributed by atoms with E-state index in [1.165, 1.54) is 30.6 Å². The Morgan fingerprint density at radius 2 is 2.10 bits per heavy atom. The van der Waals surface area contributed by atoms with Crippen LogP contribution in [0, 0.1) is 6.92 Å². The third kappa shape index (κ3) is 3.40. The molecule has 0 bridgehead atoms. The summed E-state index contributed by atoms with van der Waals surface area (Å²) in [6.07, 6.45) is 0. The van der Waals surface area contributed by atoms with Crippen LogP contribution >= 0.6 is 38.9 Å². The number of hydrogen-bond donors (Lipinski definition) is 1. The van der Waals surface area contributed by atoms with Gasteiger partial charge in [-0.15, -0.1) is 11.3 Å². The Hall–Kier alpha value is -0.900. The summed E-state index contributed by atoms with van der Waals surface area (Å²) in [5.74, 6) is 0.0296. The highest BCUT2D eigenvalue weighted by atomic mass is 79.9. The molecule has 108 valence electrons. The second kappa shape index (κ2) is 5.84. The van der Waals surface area contributed by atoms with Crippen LogP contribution in [0.2, 0.25) is 5.15 Å². The van der Waals surface area contributed by atoms with E-state index in [-0.39, 0.29) is 21.9 Å². The molecule has 0 amide bonds. The van der Waals surface area contributed by atoms with Crippen molar-refractivity contribution in [2.24, 2.45) is 0 Å². The topological polar surface area (TPSA) is 81.2 Å². The number of nitrogens with zero attached hydrogens (tertiary/aromatic N) is 2. The largest absolute Gasteiger partial charge is 0.481 e. The fourth-order valence-corrected chi connectivity index (χ4v) is 4.95. The van der Waals surface area contributed by atoms with Crippen molar-refractivity contribution in [3.05, 3.63) is 25.9 Å². The van der Waals surface area contributed by atoms with Gasteiger partial charge in [0, 0.05) is 10.9 Å². The van der Waals surface area contributed by atoms with Crippen molar-refractivity contribution >= 4 is 54.8 Å². The van der Waals surface area contributed by atoms with Gasteiger partial charge in [0.15, 0.2) is 0 Å². The lowest BCUT2D eigenvalue weighted by Gasteiger charge is -2.07. The first-order valence-electron chi connectivity index (χ1n) is 5.19. The summed E-state index contributed by atoms with van der Waals surface area (Å²) in [6, 6.07) is 2.90. The average molecular weight is 399 g/mol. The maximum Gasteiger partial charge on any atom is 0.265 e. The molecular weight excluding hydrogens is 390 g/mol. The van der Waals surface area contributed by atoms with Gasteiger partial charge in [-0.05, 0) is 28.9 Å². The quantitative estimate of drug-likeness (QED) is 0.801. The molecular formula is C10H9BrClN3O3S2. The molecule has 0 aliphatic heterocycles. The van der Waals surface area contributed by atoms with Gasteiger partial charge >= 0.3 is 0 Å². The third-order valence-electron chi connectivity index (χ3n) is 2.24. The van der Waals surface area contributed by atoms with Gasteiger partial charge in [0.2, 0.25) is 11.8 Å². The van der Waals surface area contributed by atoms with Crippen LogP contribution in [0.25, 0.3) is 0 Å². The number of hydrogen-bond acceptors (Lipinski definition) is 6. The lowest BCUT2D eigenvalue weighted by Crippen LogP contribution is -2.15. The molecule has 0 spiro atoms. The zero-order valence-corrected chi connectivity index (χ0v) is 14.3. The highest BCUT2D eigenvalue weighted by Crippen LogP contribution is 2.30. The molecule has 2 aromatic rings. The second-order valence-electron chi connectivity index (χ2n) is 3.63. The number of anilines is 1. The first-order chi connectivity index (χ1) is 9.31. The van der Waals surface area contributed by atoms with E-state index in [1.807, 2.05) is 0 Å². The molecule has 0 saturated heterocycles. The minimum Gasteiger partial charge on any atom is -0.481 e. The number of nitrogens with one attached hydrogen (secondary N) is 1. The maximum atomic E-state index is 12.3. The van der Waals surface area contributed by atoms with Gasteiger partial charge in [-0.3, -0.25) is 0 Å². The van der Waals surface area contributed by atoms with E-state index in [2.05, 4.69) is 30.6 Å². The van der Waals surface area contributed by atoms with Gasteiger partial charge in [-0.1, -0.05) is 11.6 Å². The van der Waals surface area contributed by atoms with Crippen molar-refractivity contribution in [1.82, 2.24) is 9.97 Å². The molecule has 0 aliphatic carbocycles. The smallest absolute Gasteiger partial charge is 0.265 e. The van der Waals surface area contributed by atoms with Crippen molar-refractivity contribution in [3.63, 3.8) is 0 Å². The van der Waals surface area contributed by atoms with E-state index in [0.29, 0.717) is 4.88 Å². The molecule has 1 N–H and O–H groups in total. The Bertz CT molecular complexity index is 748. The van der Waals surface area contributed by atoms with Crippen LogP contribution in [0.15, 0.2) is 20.8 Å². The zero-order valence-electron chi connectivity index (χ0n) is 10.3. The minimum atomic E-state index is -3.77. The summed E-state index contributed by atoms with van der Waals surface area (Å²) in [4.78, 5) is 8.50. The van der Waals surface area contributed by atoms with Crippen molar-refractivity contribution in [3.8, 4) is 5.88 Å². The number of halogens is 2. The number of ether oxygens (including phenoxy) is 1. The third-order valence-corrected chi connectivity index (χ3v) is 5.57. The van der Waals surface area contributed by atoms with Gasteiger partial charge in [0.25, 0.3) is 10.0 Å². The molecule has 0 unspecified atom stereocenters. The fourth-order valence-electron chi connectivity index (χ4n) is 1.42. The van der Waals surface area contributed by atoms with Crippen LogP contribution in [-0.2, 0) is 10.0 Å². The van der Waals surface area contributed by atoms with Gasteiger partial charge in [-0.2, -0.15) is 4.98 Å². The Kier molecular flexibility index (Phi) is 4.52. The lowest BCUT2D eigenvalue weighted by molar-refractivity contribution is 0.397. The van der Waals surface area contributed by atoms with E-state index in [0.717, 1.165) is 3.79 Å². The number of aromatic nitrogens is 2. The summed E-state index contributed by atoms with van der Waals surface area (Å²) in [5, 5.41) is 0.0813. The number of aryl methyl sites for hydroxylation is 1. The molecule has 10 heteroatoms. The van der Waals surface area contributed by atoms with E-state index >= 15 is 0 Å². The number of rotatable bonds is 4. The number of sulfonamides is 1. The molecule has 0 aliphatic rings. The van der Waals surface area contributed by atoms with Crippen LogP contribution in [0.4, 0.5) is 5.95 Å². The Labute approximate surface area is 133 Å². The number of methoxy groups -OCH3 is 1. The standard InChI is InChI=1S/C10H9BrClN3O3S2/c1-5-6(3-7(11)19-5)20(16,17)15-10-13-8(12)4-9(14-10)18-2/h3-4H,1-2H3,(H,13,14,15). The molecule has 20 heavy (non-hydrogen) atoms. The maximum absolute atomic E-state index is 12.3. The van der Waals surface area contributed by atoms with Crippen LogP contribution < -0.4 is 9.46 Å². The Balaban J connectivity index is 2.38. The SMILES string of the molecule is COc1cc(Cl)nc(NS(=O)(=O)c2cc(Br)sc2C)n1. The van der Waals surface area contributed by atoms with Crippen LogP contribution in [0.3, 0.4) is 0 Å². The summed E-state index contributed by atoms with van der Waals surface area (Å²) in [6.45, 7) is 1.71. The molecule has 0 aromatic carbocycles. The first kappa shape index (κ1) is 15.5. The lowest BCUT2D eigenvalue weighted by atomic mass is 10.5. The number of thiophene rings is 1. The summed E-state index contributed by atoms with van der Waals surface area (Å²) in [5.41, 5.74) is 0. The van der Waals surface area contributed by atoms with Crippen LogP contribution in [0.5, 0.6) is 5.88 Å². The molecule has 0 fully saturated rings. The first-order valence-corrected chi connectivity index (χ1v) is 8.66. The Morgan fingerprint density at radius 3 is 2.65 bits per heavy atom. The minimum absolute atomic E-state index is 0.0813. The van der Waals surface area contributed by atoms with Crippen LogP contribution in [-0.4, -0.2) is 25.5 Å². The molecule has 2 aromatic heterocycles. The van der Waals surface area contributed by atoms with Crippen molar-refractivity contribution in [2.45, 2.75) is 11.8 Å². The predicted octanol–water partition coefficient (Wildman–Crippen LogP) is 3.07. The van der Waals surface area contributed by atoms with E-state index in [4.69, 9.17) is 16.3 Å². The summed E-state index contributed by atoms with van der Waals surface area (Å²) >= 11 is 10.3. The summed E-state index contributed by atoms with van der Waals surface area (Å²) < 4.78 is 32.4. The highest BCUT2D eigenvalue weighted by molar-refractivity contribution is 9.11.